The van der Waals surface area contributed by atoms with Crippen LogP contribution >= 0.6 is 15.9 Å². The molecule has 5 heteroatoms. The number of benzene rings is 1. The molecule has 0 saturated carbocycles. The van der Waals surface area contributed by atoms with Gasteiger partial charge in [0.25, 0.3) is 0 Å². The first-order valence-corrected chi connectivity index (χ1v) is 6.39. The molecule has 0 amide bonds. The van der Waals surface area contributed by atoms with Crippen molar-refractivity contribution in [1.82, 2.24) is 4.57 Å². The average Bonchev–Trinajstić information content (AvgIpc) is 2.79. The summed E-state index contributed by atoms with van der Waals surface area (Å²) in [4.78, 5) is 23.9. The van der Waals surface area contributed by atoms with E-state index in [0.717, 1.165) is 4.47 Å². The summed E-state index contributed by atoms with van der Waals surface area (Å²) in [5.41, 5.74) is 1.34. The molecule has 2 aromatic rings. The number of ether oxygens (including phenoxy) is 1. The van der Waals surface area contributed by atoms with Gasteiger partial charge in [-0.1, -0.05) is 28.1 Å². The largest absolute Gasteiger partial charge is 0.464 e. The molecule has 98 valence electrons. The molecule has 0 bridgehead atoms. The first-order valence-electron chi connectivity index (χ1n) is 5.59. The lowest BCUT2D eigenvalue weighted by Gasteiger charge is -2.07. The van der Waals surface area contributed by atoms with Crippen molar-refractivity contribution in [3.8, 4) is 0 Å². The number of aromatic nitrogens is 1. The highest BCUT2D eigenvalue weighted by Crippen LogP contribution is 2.20. The van der Waals surface area contributed by atoms with E-state index in [2.05, 4.69) is 20.7 Å². The second kappa shape index (κ2) is 5.40. The Morgan fingerprint density at radius 2 is 1.74 bits per heavy atom. The number of rotatable bonds is 3. The van der Waals surface area contributed by atoms with Crippen molar-refractivity contribution in [3.63, 3.8) is 0 Å². The van der Waals surface area contributed by atoms with Crippen molar-refractivity contribution in [1.29, 1.82) is 0 Å². The van der Waals surface area contributed by atoms with Gasteiger partial charge in [0.05, 0.1) is 12.8 Å². The fourth-order valence-electron chi connectivity index (χ4n) is 1.83. The molecule has 0 aliphatic heterocycles. The van der Waals surface area contributed by atoms with Crippen LogP contribution in [0.4, 0.5) is 0 Å². The minimum Gasteiger partial charge on any atom is -0.464 e. The fourth-order valence-corrected chi connectivity index (χ4v) is 2.30. The topological polar surface area (TPSA) is 48.3 Å². The van der Waals surface area contributed by atoms with Crippen LogP contribution in [-0.4, -0.2) is 23.4 Å². The molecular formula is C14H12BrNO3. The third-order valence-electron chi connectivity index (χ3n) is 2.87. The molecule has 2 rings (SSSR count). The lowest BCUT2D eigenvalue weighted by Crippen LogP contribution is -2.13. The van der Waals surface area contributed by atoms with Gasteiger partial charge in [-0.15, -0.1) is 0 Å². The Balaban J connectivity index is 2.44. The van der Waals surface area contributed by atoms with Crippen LogP contribution in [0.1, 0.15) is 26.5 Å². The summed E-state index contributed by atoms with van der Waals surface area (Å²) in [6, 6.07) is 10.4. The number of esters is 1. The van der Waals surface area contributed by atoms with E-state index in [0.29, 0.717) is 17.0 Å². The molecule has 0 fully saturated rings. The van der Waals surface area contributed by atoms with E-state index in [9.17, 15) is 9.59 Å². The predicted octanol–water partition coefficient (Wildman–Crippen LogP) is 2.81. The molecular weight excluding hydrogens is 310 g/mol. The van der Waals surface area contributed by atoms with Gasteiger partial charge in [-0.2, -0.15) is 0 Å². The van der Waals surface area contributed by atoms with Gasteiger partial charge in [0.2, 0.25) is 5.78 Å². The zero-order chi connectivity index (χ0) is 14.0. The number of hydrogen-bond acceptors (Lipinski definition) is 3. The molecule has 0 N–H and O–H groups in total. The van der Waals surface area contributed by atoms with Crippen molar-refractivity contribution in [2.45, 2.75) is 0 Å². The van der Waals surface area contributed by atoms with Gasteiger partial charge >= 0.3 is 5.97 Å². The monoisotopic (exact) mass is 321 g/mol. The Morgan fingerprint density at radius 1 is 1.11 bits per heavy atom. The van der Waals surface area contributed by atoms with E-state index in [-0.39, 0.29) is 5.78 Å². The third-order valence-corrected chi connectivity index (χ3v) is 3.56. The Hall–Kier alpha value is -1.88. The normalized spacial score (nSPS) is 10.3. The number of methoxy groups -OCH3 is 1. The van der Waals surface area contributed by atoms with E-state index in [1.165, 1.54) is 11.7 Å². The Morgan fingerprint density at radius 3 is 2.37 bits per heavy atom. The van der Waals surface area contributed by atoms with Crippen LogP contribution in [0.25, 0.3) is 0 Å². The van der Waals surface area contributed by atoms with Crippen LogP contribution in [0, 0.1) is 0 Å². The number of hydrogen-bond donors (Lipinski definition) is 0. The minimum atomic E-state index is -0.464. The lowest BCUT2D eigenvalue weighted by atomic mass is 10.1. The summed E-state index contributed by atoms with van der Waals surface area (Å²) in [5, 5.41) is 0. The summed E-state index contributed by atoms with van der Waals surface area (Å²) in [7, 11) is 2.97. The smallest absolute Gasteiger partial charge is 0.354 e. The maximum absolute atomic E-state index is 12.4. The van der Waals surface area contributed by atoms with Crippen LogP contribution in [-0.2, 0) is 11.8 Å². The summed E-state index contributed by atoms with van der Waals surface area (Å²) in [6.07, 6.45) is 0. The Kier molecular flexibility index (Phi) is 3.85. The zero-order valence-corrected chi connectivity index (χ0v) is 12.1. The molecule has 19 heavy (non-hydrogen) atoms. The first kappa shape index (κ1) is 13.5. The van der Waals surface area contributed by atoms with Crippen LogP contribution in [0.5, 0.6) is 0 Å². The SMILES string of the molecule is COC(=O)c1ccc(C(=O)c2ccccc2Br)n1C. The van der Waals surface area contributed by atoms with Gasteiger partial charge in [-0.05, 0) is 24.3 Å². The van der Waals surface area contributed by atoms with Gasteiger partial charge in [0.15, 0.2) is 0 Å². The molecule has 0 atom stereocenters. The summed E-state index contributed by atoms with van der Waals surface area (Å²) < 4.78 is 6.92. The second-order valence-electron chi connectivity index (χ2n) is 3.96. The second-order valence-corrected chi connectivity index (χ2v) is 4.82. The molecule has 1 aromatic heterocycles. The lowest BCUT2D eigenvalue weighted by molar-refractivity contribution is 0.0590. The van der Waals surface area contributed by atoms with Gasteiger partial charge in [-0.3, -0.25) is 4.79 Å². The molecule has 0 spiro atoms. The van der Waals surface area contributed by atoms with E-state index in [1.54, 1.807) is 37.4 Å². The number of ketones is 1. The van der Waals surface area contributed by atoms with Gasteiger partial charge < -0.3 is 9.30 Å². The standard InChI is InChI=1S/C14H12BrNO3/c1-16-11(7-8-12(16)14(18)19-2)13(17)9-5-3-4-6-10(9)15/h3-8H,1-2H3. The highest BCUT2D eigenvalue weighted by atomic mass is 79.9. The van der Waals surface area contributed by atoms with Crippen molar-refractivity contribution in [3.05, 3.63) is 57.8 Å². The maximum Gasteiger partial charge on any atom is 0.354 e. The number of halogens is 1. The summed E-state index contributed by atoms with van der Waals surface area (Å²) in [6.45, 7) is 0. The van der Waals surface area contributed by atoms with Crippen molar-refractivity contribution in [2.75, 3.05) is 7.11 Å². The molecule has 1 heterocycles. The molecule has 0 unspecified atom stereocenters. The summed E-state index contributed by atoms with van der Waals surface area (Å²) in [5.74, 6) is -0.612. The van der Waals surface area contributed by atoms with Gasteiger partial charge in [0, 0.05) is 17.1 Å². The van der Waals surface area contributed by atoms with E-state index in [4.69, 9.17) is 0 Å². The zero-order valence-electron chi connectivity index (χ0n) is 10.5. The summed E-state index contributed by atoms with van der Waals surface area (Å²) >= 11 is 3.35. The van der Waals surface area contributed by atoms with Crippen molar-refractivity contribution >= 4 is 27.7 Å². The highest BCUT2D eigenvalue weighted by Gasteiger charge is 2.19. The number of carbonyl (C=O) groups is 2. The third kappa shape index (κ3) is 2.46. The number of carbonyl (C=O) groups excluding carboxylic acids is 2. The van der Waals surface area contributed by atoms with Crippen LogP contribution in [0.15, 0.2) is 40.9 Å². The molecule has 0 aliphatic carbocycles. The van der Waals surface area contributed by atoms with Crippen LogP contribution in [0.3, 0.4) is 0 Å². The van der Waals surface area contributed by atoms with Gasteiger partial charge in [-0.25, -0.2) is 4.79 Å². The molecule has 0 saturated heterocycles. The number of nitrogens with zero attached hydrogens (tertiary/aromatic N) is 1. The molecule has 1 aromatic carbocycles. The fraction of sp³-hybridized carbons (Fsp3) is 0.143. The van der Waals surface area contributed by atoms with Crippen molar-refractivity contribution in [2.24, 2.45) is 7.05 Å². The average molecular weight is 322 g/mol. The molecule has 4 nitrogen and oxygen atoms in total. The predicted molar refractivity (Wildman–Crippen MR) is 74.3 cm³/mol. The van der Waals surface area contributed by atoms with E-state index in [1.807, 2.05) is 6.07 Å². The van der Waals surface area contributed by atoms with E-state index < -0.39 is 5.97 Å². The van der Waals surface area contributed by atoms with Crippen LogP contribution in [0.2, 0.25) is 0 Å². The minimum absolute atomic E-state index is 0.148. The maximum atomic E-state index is 12.4. The molecule has 0 radical (unpaired) electrons. The van der Waals surface area contributed by atoms with E-state index >= 15 is 0 Å². The molecule has 0 aliphatic rings. The van der Waals surface area contributed by atoms with Crippen LogP contribution < -0.4 is 0 Å². The highest BCUT2D eigenvalue weighted by molar-refractivity contribution is 9.10. The first-order chi connectivity index (χ1) is 9.06. The quantitative estimate of drug-likeness (QED) is 0.645. The Labute approximate surface area is 119 Å². The Bertz CT molecular complexity index is 646. The van der Waals surface area contributed by atoms with Gasteiger partial charge in [0.1, 0.15) is 5.69 Å². The van der Waals surface area contributed by atoms with Crippen molar-refractivity contribution < 1.29 is 14.3 Å².